The second-order valence-corrected chi connectivity index (χ2v) is 5.59. The maximum absolute atomic E-state index is 11.9. The molecule has 96 valence electrons. The Morgan fingerprint density at radius 2 is 2.33 bits per heavy atom. The number of likely N-dealkylation sites (N-methyl/N-ethyl adjacent to an activating group) is 1. The zero-order valence-electron chi connectivity index (χ0n) is 10.5. The quantitative estimate of drug-likeness (QED) is 0.907. The number of anilines is 1. The Labute approximate surface area is 111 Å². The fourth-order valence-electron chi connectivity index (χ4n) is 2.36. The molecule has 1 N–H and O–H groups in total. The van der Waals surface area contributed by atoms with Crippen molar-refractivity contribution in [1.82, 2.24) is 4.90 Å². The highest BCUT2D eigenvalue weighted by atomic mass is 32.1. The SMILES string of the molecule is CN(CC(=O)Nc1sccc1C#N)C1CCCC1. The van der Waals surface area contributed by atoms with Crippen LogP contribution >= 0.6 is 11.3 Å². The lowest BCUT2D eigenvalue weighted by atomic mass is 10.2. The fraction of sp³-hybridized carbons (Fsp3) is 0.538. The van der Waals surface area contributed by atoms with Crippen LogP contribution in [0.2, 0.25) is 0 Å². The van der Waals surface area contributed by atoms with Crippen molar-refractivity contribution in [2.45, 2.75) is 31.7 Å². The minimum atomic E-state index is -0.0386. The number of carbonyl (C=O) groups excluding carboxylic acids is 1. The predicted molar refractivity (Wildman–Crippen MR) is 72.5 cm³/mol. The number of rotatable bonds is 4. The van der Waals surface area contributed by atoms with Crippen molar-refractivity contribution in [3.63, 3.8) is 0 Å². The van der Waals surface area contributed by atoms with Gasteiger partial charge in [-0.25, -0.2) is 0 Å². The molecule has 0 bridgehead atoms. The first-order valence-corrected chi connectivity index (χ1v) is 7.06. The predicted octanol–water partition coefficient (Wildman–Crippen LogP) is 2.43. The zero-order chi connectivity index (χ0) is 13.0. The van der Waals surface area contributed by atoms with E-state index in [0.717, 1.165) is 0 Å². The van der Waals surface area contributed by atoms with Gasteiger partial charge in [-0.3, -0.25) is 9.69 Å². The van der Waals surface area contributed by atoms with Crippen LogP contribution in [0.1, 0.15) is 31.2 Å². The lowest BCUT2D eigenvalue weighted by Gasteiger charge is -2.22. The largest absolute Gasteiger partial charge is 0.315 e. The number of hydrogen-bond donors (Lipinski definition) is 1. The van der Waals surface area contributed by atoms with E-state index >= 15 is 0 Å². The van der Waals surface area contributed by atoms with E-state index in [9.17, 15) is 4.79 Å². The molecule has 1 fully saturated rings. The van der Waals surface area contributed by atoms with Crippen LogP contribution < -0.4 is 5.32 Å². The minimum absolute atomic E-state index is 0.0386. The van der Waals surface area contributed by atoms with E-state index in [0.29, 0.717) is 23.2 Å². The molecule has 1 aliphatic rings. The third-order valence-electron chi connectivity index (χ3n) is 3.38. The van der Waals surface area contributed by atoms with Gasteiger partial charge in [0.2, 0.25) is 5.91 Å². The molecule has 1 amide bonds. The standard InChI is InChI=1S/C13H17N3OS/c1-16(11-4-2-3-5-11)9-12(17)15-13-10(8-14)6-7-18-13/h6-7,11H,2-5,9H2,1H3,(H,15,17). The topological polar surface area (TPSA) is 56.1 Å². The molecule has 2 rings (SSSR count). The maximum Gasteiger partial charge on any atom is 0.239 e. The molecule has 0 aliphatic heterocycles. The fourth-order valence-corrected chi connectivity index (χ4v) is 3.11. The van der Waals surface area contributed by atoms with Gasteiger partial charge in [0, 0.05) is 6.04 Å². The van der Waals surface area contributed by atoms with E-state index in [1.807, 2.05) is 12.4 Å². The van der Waals surface area contributed by atoms with Gasteiger partial charge in [0.1, 0.15) is 11.1 Å². The number of thiophene rings is 1. The first-order chi connectivity index (χ1) is 8.70. The van der Waals surface area contributed by atoms with Gasteiger partial charge in [0.25, 0.3) is 0 Å². The van der Waals surface area contributed by atoms with Gasteiger partial charge in [-0.1, -0.05) is 12.8 Å². The van der Waals surface area contributed by atoms with Gasteiger partial charge in [0.05, 0.1) is 12.1 Å². The van der Waals surface area contributed by atoms with Crippen LogP contribution in [0.15, 0.2) is 11.4 Å². The van der Waals surface area contributed by atoms with Crippen LogP contribution in [0.4, 0.5) is 5.00 Å². The van der Waals surface area contributed by atoms with Crippen LogP contribution in [-0.4, -0.2) is 30.4 Å². The molecule has 1 aromatic heterocycles. The molecular formula is C13H17N3OS. The van der Waals surface area contributed by atoms with Gasteiger partial charge in [-0.05, 0) is 31.3 Å². The molecule has 0 aromatic carbocycles. The van der Waals surface area contributed by atoms with Gasteiger partial charge in [-0.15, -0.1) is 11.3 Å². The average molecular weight is 263 g/mol. The molecule has 0 saturated heterocycles. The van der Waals surface area contributed by atoms with E-state index in [4.69, 9.17) is 5.26 Å². The number of nitriles is 1. The Balaban J connectivity index is 1.87. The number of carbonyl (C=O) groups is 1. The third kappa shape index (κ3) is 3.09. The molecule has 0 unspecified atom stereocenters. The zero-order valence-corrected chi connectivity index (χ0v) is 11.3. The summed E-state index contributed by atoms with van der Waals surface area (Å²) >= 11 is 1.39. The summed E-state index contributed by atoms with van der Waals surface area (Å²) < 4.78 is 0. The number of nitrogens with zero attached hydrogens (tertiary/aromatic N) is 2. The summed E-state index contributed by atoms with van der Waals surface area (Å²) in [6.45, 7) is 0.396. The Morgan fingerprint density at radius 1 is 1.61 bits per heavy atom. The van der Waals surface area contributed by atoms with Crippen LogP contribution in [0.3, 0.4) is 0 Å². The van der Waals surface area contributed by atoms with Crippen molar-refractivity contribution in [3.05, 3.63) is 17.0 Å². The molecule has 0 spiro atoms. The summed E-state index contributed by atoms with van der Waals surface area (Å²) in [6, 6.07) is 4.33. The molecule has 18 heavy (non-hydrogen) atoms. The number of nitrogens with one attached hydrogen (secondary N) is 1. The van der Waals surface area contributed by atoms with E-state index in [1.165, 1.54) is 37.0 Å². The minimum Gasteiger partial charge on any atom is -0.315 e. The first-order valence-electron chi connectivity index (χ1n) is 6.18. The van der Waals surface area contributed by atoms with E-state index < -0.39 is 0 Å². The molecule has 1 saturated carbocycles. The molecule has 5 heteroatoms. The molecule has 1 aliphatic carbocycles. The Hall–Kier alpha value is -1.38. The molecule has 0 atom stereocenters. The van der Waals surface area contributed by atoms with Crippen molar-refractivity contribution >= 4 is 22.2 Å². The lowest BCUT2D eigenvalue weighted by molar-refractivity contribution is -0.117. The summed E-state index contributed by atoms with van der Waals surface area (Å²) in [5.41, 5.74) is 0.539. The van der Waals surface area contributed by atoms with Crippen LogP contribution in [0.25, 0.3) is 0 Å². The highest BCUT2D eigenvalue weighted by molar-refractivity contribution is 7.14. The number of hydrogen-bond acceptors (Lipinski definition) is 4. The summed E-state index contributed by atoms with van der Waals surface area (Å²) in [4.78, 5) is 14.0. The van der Waals surface area contributed by atoms with E-state index in [1.54, 1.807) is 6.07 Å². The van der Waals surface area contributed by atoms with Gasteiger partial charge in [0.15, 0.2) is 0 Å². The van der Waals surface area contributed by atoms with Gasteiger partial charge < -0.3 is 5.32 Å². The van der Waals surface area contributed by atoms with Crippen LogP contribution in [0.5, 0.6) is 0 Å². The smallest absolute Gasteiger partial charge is 0.239 e. The van der Waals surface area contributed by atoms with Gasteiger partial charge in [-0.2, -0.15) is 5.26 Å². The summed E-state index contributed by atoms with van der Waals surface area (Å²) in [6.07, 6.45) is 4.90. The monoisotopic (exact) mass is 263 g/mol. The normalized spacial score (nSPS) is 15.8. The van der Waals surface area contributed by atoms with Crippen molar-refractivity contribution in [2.75, 3.05) is 18.9 Å². The van der Waals surface area contributed by atoms with Gasteiger partial charge >= 0.3 is 0 Å². The summed E-state index contributed by atoms with van der Waals surface area (Å²) in [7, 11) is 2.00. The molecular weight excluding hydrogens is 246 g/mol. The number of amides is 1. The maximum atomic E-state index is 11.9. The molecule has 1 heterocycles. The average Bonchev–Trinajstić information content (AvgIpc) is 2.98. The Kier molecular flexibility index (Phi) is 4.34. The lowest BCUT2D eigenvalue weighted by Crippen LogP contribution is -2.36. The van der Waals surface area contributed by atoms with E-state index in [-0.39, 0.29) is 5.91 Å². The Morgan fingerprint density at radius 3 is 3.00 bits per heavy atom. The molecule has 4 nitrogen and oxygen atoms in total. The summed E-state index contributed by atoms with van der Waals surface area (Å²) in [5.74, 6) is -0.0386. The van der Waals surface area contributed by atoms with Crippen molar-refractivity contribution in [1.29, 1.82) is 5.26 Å². The highest BCUT2D eigenvalue weighted by Crippen LogP contribution is 2.24. The van der Waals surface area contributed by atoms with E-state index in [2.05, 4.69) is 16.3 Å². The van der Waals surface area contributed by atoms with Crippen LogP contribution in [-0.2, 0) is 4.79 Å². The second-order valence-electron chi connectivity index (χ2n) is 4.68. The molecule has 0 radical (unpaired) electrons. The van der Waals surface area contributed by atoms with Crippen molar-refractivity contribution in [3.8, 4) is 6.07 Å². The summed E-state index contributed by atoms with van der Waals surface area (Å²) in [5, 5.41) is 14.2. The highest BCUT2D eigenvalue weighted by Gasteiger charge is 2.21. The molecule has 1 aromatic rings. The first kappa shape index (κ1) is 13.1. The third-order valence-corrected chi connectivity index (χ3v) is 4.21. The Bertz CT molecular complexity index is 457. The van der Waals surface area contributed by atoms with Crippen molar-refractivity contribution in [2.24, 2.45) is 0 Å². The van der Waals surface area contributed by atoms with Crippen LogP contribution in [0, 0.1) is 11.3 Å². The second kappa shape index (κ2) is 5.98. The van der Waals surface area contributed by atoms with Crippen molar-refractivity contribution < 1.29 is 4.79 Å².